The summed E-state index contributed by atoms with van der Waals surface area (Å²) >= 11 is 4.76. The molecule has 5 nitrogen and oxygen atoms in total. The highest BCUT2D eigenvalue weighted by atomic mass is 35.5. The Hall–Kier alpha value is -0.970. The van der Waals surface area contributed by atoms with Gasteiger partial charge in [0.05, 0.1) is 4.92 Å². The van der Waals surface area contributed by atoms with E-state index < -0.39 is 16.0 Å². The van der Waals surface area contributed by atoms with Crippen LogP contribution >= 0.6 is 11.6 Å². The Morgan fingerprint density at radius 2 is 2.25 bits per heavy atom. The number of aliphatic hydroxyl groups is 1. The molecule has 0 fully saturated rings. The van der Waals surface area contributed by atoms with Gasteiger partial charge in [-0.25, -0.2) is 0 Å². The average molecular weight is 139 g/mol. The van der Waals surface area contributed by atoms with E-state index in [1.165, 1.54) is 0 Å². The van der Waals surface area contributed by atoms with Crippen LogP contribution in [0.5, 0.6) is 0 Å². The van der Waals surface area contributed by atoms with E-state index in [0.717, 1.165) is 0 Å². The molecule has 8 heavy (non-hydrogen) atoms. The van der Waals surface area contributed by atoms with E-state index in [2.05, 4.69) is 5.73 Å². The molecular formula is C2H3ClN2O3. The highest BCUT2D eigenvalue weighted by Gasteiger charge is 2.10. The highest BCUT2D eigenvalue weighted by Crippen LogP contribution is 2.01. The topological polar surface area (TPSA) is 89.4 Å². The summed E-state index contributed by atoms with van der Waals surface area (Å²) in [4.78, 5) is 8.53. The Kier molecular flexibility index (Phi) is 2.08. The van der Waals surface area contributed by atoms with Crippen LogP contribution in [0.3, 0.4) is 0 Å². The molecule has 0 atom stereocenters. The van der Waals surface area contributed by atoms with E-state index in [-0.39, 0.29) is 0 Å². The summed E-state index contributed by atoms with van der Waals surface area (Å²) in [6.45, 7) is 0. The van der Waals surface area contributed by atoms with Crippen molar-refractivity contribution in [2.24, 2.45) is 5.73 Å². The van der Waals surface area contributed by atoms with Crippen molar-refractivity contribution in [3.05, 3.63) is 21.2 Å². The third-order valence-corrected chi connectivity index (χ3v) is 0.703. The number of nitrogens with zero attached hydrogens (tertiary/aromatic N) is 1. The molecule has 0 aliphatic rings. The van der Waals surface area contributed by atoms with Crippen LogP contribution in [0.4, 0.5) is 0 Å². The van der Waals surface area contributed by atoms with Gasteiger partial charge in [-0.05, 0) is 0 Å². The van der Waals surface area contributed by atoms with Gasteiger partial charge in [0, 0.05) is 11.6 Å². The fraction of sp³-hybridized carbons (Fsp3) is 0. The van der Waals surface area contributed by atoms with Crippen molar-refractivity contribution < 1.29 is 10.0 Å². The van der Waals surface area contributed by atoms with Crippen LogP contribution in [0.1, 0.15) is 0 Å². The molecule has 0 aliphatic heterocycles. The number of nitrogens with two attached hydrogens (primary N) is 1. The molecule has 0 rings (SSSR count). The fourth-order valence-corrected chi connectivity index (χ4v) is 0.0935. The molecule has 0 saturated heterocycles. The first-order chi connectivity index (χ1) is 3.55. The van der Waals surface area contributed by atoms with E-state index in [9.17, 15) is 10.1 Å². The summed E-state index contributed by atoms with van der Waals surface area (Å²) < 4.78 is 0. The number of hydrogen-bond donors (Lipinski definition) is 2. The summed E-state index contributed by atoms with van der Waals surface area (Å²) in [6.07, 6.45) is 0. The van der Waals surface area contributed by atoms with Crippen molar-refractivity contribution >= 4 is 11.6 Å². The van der Waals surface area contributed by atoms with Gasteiger partial charge >= 0.3 is 5.16 Å². The van der Waals surface area contributed by atoms with E-state index in [4.69, 9.17) is 16.7 Å². The first kappa shape index (κ1) is 7.03. The van der Waals surface area contributed by atoms with Gasteiger partial charge in [0.25, 0.3) is 5.88 Å². The van der Waals surface area contributed by atoms with Crippen molar-refractivity contribution in [3.8, 4) is 0 Å². The highest BCUT2D eigenvalue weighted by molar-refractivity contribution is 6.28. The third kappa shape index (κ3) is 1.65. The largest absolute Gasteiger partial charge is 0.489 e. The summed E-state index contributed by atoms with van der Waals surface area (Å²) in [6, 6.07) is 0. The molecular weight excluding hydrogens is 135 g/mol. The molecule has 3 N–H and O–H groups in total. The summed E-state index contributed by atoms with van der Waals surface area (Å²) in [5.74, 6) is -0.975. The molecule has 0 aromatic carbocycles. The Morgan fingerprint density at radius 1 is 1.88 bits per heavy atom. The predicted molar refractivity (Wildman–Crippen MR) is 26.7 cm³/mol. The van der Waals surface area contributed by atoms with E-state index in [1.54, 1.807) is 0 Å². The van der Waals surface area contributed by atoms with Gasteiger partial charge in [-0.2, -0.15) is 0 Å². The second-order valence-electron chi connectivity index (χ2n) is 0.933. The zero-order valence-corrected chi connectivity index (χ0v) is 4.42. The SMILES string of the molecule is N/C(O)=C(\Cl)[N+](=O)[O-]. The minimum Gasteiger partial charge on any atom is -0.489 e. The van der Waals surface area contributed by atoms with Gasteiger partial charge in [-0.3, -0.25) is 10.1 Å². The maximum atomic E-state index is 9.52. The molecule has 0 saturated carbocycles. The average Bonchev–Trinajstić information content (AvgIpc) is 1.64. The van der Waals surface area contributed by atoms with Crippen molar-refractivity contribution in [2.45, 2.75) is 0 Å². The van der Waals surface area contributed by atoms with Crippen LogP contribution in [0, 0.1) is 10.1 Å². The Morgan fingerprint density at radius 3 is 2.25 bits per heavy atom. The van der Waals surface area contributed by atoms with Gasteiger partial charge in [-0.15, -0.1) is 0 Å². The molecule has 0 radical (unpaired) electrons. The van der Waals surface area contributed by atoms with Gasteiger partial charge in [0.1, 0.15) is 0 Å². The second-order valence-corrected chi connectivity index (χ2v) is 1.29. The molecule has 0 spiro atoms. The predicted octanol–water partition coefficient (Wildman–Crippen LogP) is 0.145. The summed E-state index contributed by atoms with van der Waals surface area (Å²) in [7, 11) is 0. The smallest absolute Gasteiger partial charge is 0.396 e. The quantitative estimate of drug-likeness (QED) is 0.234. The Balaban J connectivity index is 4.23. The first-order valence-corrected chi connectivity index (χ1v) is 1.92. The lowest BCUT2D eigenvalue weighted by Crippen LogP contribution is -2.03. The van der Waals surface area contributed by atoms with Gasteiger partial charge in [0.2, 0.25) is 0 Å². The van der Waals surface area contributed by atoms with Crippen molar-refractivity contribution in [2.75, 3.05) is 0 Å². The minimum absolute atomic E-state index is 0.954. The fourth-order valence-electron chi connectivity index (χ4n) is 0.0935. The lowest BCUT2D eigenvalue weighted by molar-refractivity contribution is -0.415. The van der Waals surface area contributed by atoms with Crippen molar-refractivity contribution in [1.82, 2.24) is 0 Å². The number of aliphatic hydroxyl groups excluding tert-OH is 1. The number of hydrogen-bond acceptors (Lipinski definition) is 4. The van der Waals surface area contributed by atoms with Gasteiger partial charge in [-0.1, -0.05) is 0 Å². The maximum absolute atomic E-state index is 9.52. The van der Waals surface area contributed by atoms with Gasteiger partial charge < -0.3 is 10.8 Å². The zero-order chi connectivity index (χ0) is 6.73. The van der Waals surface area contributed by atoms with E-state index in [1.807, 2.05) is 0 Å². The number of rotatable bonds is 1. The standard InChI is InChI=1S/C2H3ClN2O3/c3-1(2(4)6)5(7)8/h6H,4H2/b2-1-. The van der Waals surface area contributed by atoms with E-state index >= 15 is 0 Å². The Bertz CT molecular complexity index is 138. The second kappa shape index (κ2) is 2.37. The minimum atomic E-state index is -0.989. The molecule has 0 bridgehead atoms. The third-order valence-electron chi connectivity index (χ3n) is 0.372. The monoisotopic (exact) mass is 138 g/mol. The molecule has 0 unspecified atom stereocenters. The zero-order valence-electron chi connectivity index (χ0n) is 3.67. The summed E-state index contributed by atoms with van der Waals surface area (Å²) in [5.41, 5.74) is 4.50. The molecule has 46 valence electrons. The van der Waals surface area contributed by atoms with E-state index in [0.29, 0.717) is 0 Å². The van der Waals surface area contributed by atoms with Crippen LogP contribution in [-0.4, -0.2) is 10.0 Å². The molecule has 6 heteroatoms. The lowest BCUT2D eigenvalue weighted by Gasteiger charge is -1.85. The lowest BCUT2D eigenvalue weighted by atomic mass is 10.9. The van der Waals surface area contributed by atoms with Gasteiger partial charge in [0.15, 0.2) is 0 Å². The molecule has 0 amide bonds. The number of halogens is 1. The number of nitro groups is 1. The molecule has 0 heterocycles. The Labute approximate surface area is 49.5 Å². The van der Waals surface area contributed by atoms with Crippen molar-refractivity contribution in [1.29, 1.82) is 0 Å². The summed E-state index contributed by atoms with van der Waals surface area (Å²) in [5, 5.41) is 16.6. The molecule has 0 aliphatic carbocycles. The van der Waals surface area contributed by atoms with Crippen LogP contribution in [0.2, 0.25) is 0 Å². The van der Waals surface area contributed by atoms with Crippen molar-refractivity contribution in [3.63, 3.8) is 0 Å². The molecule has 0 aromatic rings. The first-order valence-electron chi connectivity index (χ1n) is 1.54. The van der Waals surface area contributed by atoms with Crippen LogP contribution < -0.4 is 5.73 Å². The van der Waals surface area contributed by atoms with Crippen LogP contribution in [0.25, 0.3) is 0 Å². The van der Waals surface area contributed by atoms with Crippen LogP contribution in [0.15, 0.2) is 11.0 Å². The molecule has 0 aromatic heterocycles. The van der Waals surface area contributed by atoms with Crippen LogP contribution in [-0.2, 0) is 0 Å². The normalized spacial score (nSPS) is 12.6. The maximum Gasteiger partial charge on any atom is 0.396 e.